The Morgan fingerprint density at radius 3 is 1.51 bits per heavy atom. The zero-order valence-corrected chi connectivity index (χ0v) is 43.6. The van der Waals surface area contributed by atoms with Crippen LogP contribution in [-0.4, -0.2) is 14.9 Å². The summed E-state index contributed by atoms with van der Waals surface area (Å²) in [4.78, 5) is 16.1. The Morgan fingerprint density at radius 1 is 0.425 bits per heavy atom. The first-order valence-corrected chi connectivity index (χ1v) is 28.4. The zero-order chi connectivity index (χ0) is 52.2. The second-order valence-electron chi connectivity index (χ2n) is 23.2. The molecular formula is C77H48N2O. The maximum atomic E-state index is 16.1. The Morgan fingerprint density at radius 2 is 0.900 bits per heavy atom. The van der Waals surface area contributed by atoms with E-state index in [0.717, 1.165) is 22.5 Å². The molecule has 7 aliphatic carbocycles. The minimum atomic E-state index is -0.775. The van der Waals surface area contributed by atoms with E-state index in [1.54, 1.807) is 0 Å². The van der Waals surface area contributed by atoms with Crippen LogP contribution in [-0.2, 0) is 10.8 Å². The van der Waals surface area contributed by atoms with Gasteiger partial charge in [0.25, 0.3) is 0 Å². The molecule has 3 atom stereocenters. The Bertz CT molecular complexity index is 4890. The first-order valence-electron chi connectivity index (χ1n) is 28.4. The quantitative estimate of drug-likeness (QED) is 0.161. The van der Waals surface area contributed by atoms with Crippen LogP contribution in [0.5, 0.6) is 0 Å². The molecule has 0 saturated heterocycles. The smallest absolute Gasteiger partial charge is 0.189 e. The highest BCUT2D eigenvalue weighted by molar-refractivity contribution is 6.12. The lowest BCUT2D eigenvalue weighted by Crippen LogP contribution is -2.27. The molecule has 7 aliphatic rings. The molecule has 10 aromatic carbocycles. The Labute approximate surface area is 463 Å². The number of para-hydroxylation sites is 3. The van der Waals surface area contributed by atoms with Gasteiger partial charge in [0.15, 0.2) is 5.78 Å². The lowest BCUT2D eigenvalue weighted by atomic mass is 9.69. The number of benzene rings is 10. The highest BCUT2D eigenvalue weighted by Crippen LogP contribution is 2.66. The fourth-order valence-corrected chi connectivity index (χ4v) is 16.5. The molecule has 2 heterocycles. The minimum absolute atomic E-state index is 0.0600. The summed E-state index contributed by atoms with van der Waals surface area (Å²) in [5.74, 6) is 1.25. The molecular weight excluding hydrogens is 969 g/mol. The topological polar surface area (TPSA) is 26.9 Å². The van der Waals surface area contributed by atoms with Gasteiger partial charge in [0, 0.05) is 38.7 Å². The van der Waals surface area contributed by atoms with E-state index in [1.807, 2.05) is 0 Å². The number of rotatable bonds is 4. The van der Waals surface area contributed by atoms with Gasteiger partial charge in [-0.2, -0.15) is 0 Å². The predicted octanol–water partition coefficient (Wildman–Crippen LogP) is 18.1. The molecule has 372 valence electrons. The summed E-state index contributed by atoms with van der Waals surface area (Å²) < 4.78 is 4.99. The lowest BCUT2D eigenvalue weighted by molar-refractivity contribution is 0.103. The summed E-state index contributed by atoms with van der Waals surface area (Å²) in [5.41, 5.74) is 28.4. The van der Waals surface area contributed by atoms with Crippen LogP contribution in [0.15, 0.2) is 260 Å². The highest BCUT2D eigenvalue weighted by atomic mass is 16.1. The Balaban J connectivity index is 0.852. The number of fused-ring (bicyclic) bond motifs is 27. The molecule has 0 radical (unpaired) electrons. The van der Waals surface area contributed by atoms with Gasteiger partial charge in [-0.3, -0.25) is 4.79 Å². The van der Waals surface area contributed by atoms with E-state index < -0.39 is 10.8 Å². The first-order chi connectivity index (χ1) is 39.6. The summed E-state index contributed by atoms with van der Waals surface area (Å²) in [6.45, 7) is 0. The number of hydrogen-bond donors (Lipinski definition) is 0. The van der Waals surface area contributed by atoms with Crippen LogP contribution in [0.2, 0.25) is 0 Å². The monoisotopic (exact) mass is 1020 g/mol. The summed E-state index contributed by atoms with van der Waals surface area (Å²) in [6, 6.07) is 83.5. The standard InChI is InChI=1S/C77H48N2O/c80-75(47-32-36-55-53-20-4-10-27-64(53)76(67(55)42-47)62-25-8-1-17-50(62)51-18-2-9-26-63(51)76)46-16-15-24-54-52-19-3-11-28-65(52)77(66(54)41-46)68-43-48(78-70-29-12-5-21-58(70)59-22-6-13-30-71(59)78)34-37-56(68)57-38-35-49(44-69(57)77)79-72-31-14-7-23-60(72)74-61-40-45(61)33-39-73(74)79/h1-15,17-39,41-45,61H,16,40H2. The number of hydrogen-bond acceptors (Lipinski definition) is 1. The zero-order valence-electron chi connectivity index (χ0n) is 43.6. The second kappa shape index (κ2) is 15.3. The molecule has 3 nitrogen and oxygen atoms in total. The molecule has 0 amide bonds. The van der Waals surface area contributed by atoms with E-state index in [0.29, 0.717) is 23.8 Å². The molecule has 0 N–H and O–H groups in total. The fraction of sp³-hybridized carbons (Fsp3) is 0.0779. The third kappa shape index (κ3) is 5.20. The molecule has 3 heteroatoms. The molecule has 2 spiro atoms. The summed E-state index contributed by atoms with van der Waals surface area (Å²) in [7, 11) is 0. The molecule has 1 saturated carbocycles. The normalized spacial score (nSPS) is 19.3. The van der Waals surface area contributed by atoms with Crippen LogP contribution in [0.25, 0.3) is 89.1 Å². The van der Waals surface area contributed by atoms with Crippen LogP contribution < -0.4 is 0 Å². The average molecular weight is 1020 g/mol. The molecule has 3 unspecified atom stereocenters. The van der Waals surface area contributed by atoms with Gasteiger partial charge in [-0.05, 0) is 180 Å². The maximum Gasteiger partial charge on any atom is 0.189 e. The van der Waals surface area contributed by atoms with Crippen molar-refractivity contribution in [2.45, 2.75) is 29.6 Å². The summed E-state index contributed by atoms with van der Waals surface area (Å²) in [6.07, 6.45) is 13.5. The van der Waals surface area contributed by atoms with Gasteiger partial charge in [-0.1, -0.05) is 194 Å². The van der Waals surface area contributed by atoms with Crippen molar-refractivity contribution in [1.29, 1.82) is 0 Å². The van der Waals surface area contributed by atoms with Crippen molar-refractivity contribution in [2.75, 3.05) is 0 Å². The lowest BCUT2D eigenvalue weighted by Gasteiger charge is -2.32. The number of Topliss-reactive ketones (excluding diaryl/α,β-unsaturated/α-hetero) is 1. The van der Waals surface area contributed by atoms with E-state index in [1.165, 1.54) is 134 Å². The number of carbonyl (C=O) groups excluding carboxylic acids is 1. The molecule has 1 fully saturated rings. The average Bonchev–Trinajstić information content (AvgIpc) is 3.13. The number of aromatic nitrogens is 2. The van der Waals surface area contributed by atoms with Gasteiger partial charge in [-0.25, -0.2) is 0 Å². The van der Waals surface area contributed by atoms with Crippen LogP contribution in [0.3, 0.4) is 0 Å². The molecule has 12 aromatic rings. The van der Waals surface area contributed by atoms with Crippen molar-refractivity contribution in [3.63, 3.8) is 0 Å². The van der Waals surface area contributed by atoms with Gasteiger partial charge in [0.05, 0.1) is 33.1 Å². The third-order valence-electron chi connectivity index (χ3n) is 19.7. The van der Waals surface area contributed by atoms with Crippen molar-refractivity contribution in [3.05, 3.63) is 321 Å². The SMILES string of the molecule is O=C(C1=CC2=C(C=CC1)c1ccccc1C21c2cc(-n3c4c(c5ccccc53)C3CC3C=C4)ccc2-c2ccc(-n3c4ccccc4c4ccccc43)cc21)c1ccc2c(c1)C1(c3ccccc3-c3ccccc31)c1ccccc1-2. The van der Waals surface area contributed by atoms with E-state index in [2.05, 4.69) is 264 Å². The maximum absolute atomic E-state index is 16.1. The third-order valence-corrected chi connectivity index (χ3v) is 19.7. The van der Waals surface area contributed by atoms with Crippen molar-refractivity contribution in [3.8, 4) is 44.8 Å². The number of ketones is 1. The van der Waals surface area contributed by atoms with Crippen molar-refractivity contribution >= 4 is 50.1 Å². The molecule has 80 heavy (non-hydrogen) atoms. The van der Waals surface area contributed by atoms with Gasteiger partial charge in [0.1, 0.15) is 0 Å². The van der Waals surface area contributed by atoms with Crippen molar-refractivity contribution in [2.24, 2.45) is 5.92 Å². The summed E-state index contributed by atoms with van der Waals surface area (Å²) >= 11 is 0. The van der Waals surface area contributed by atoms with Gasteiger partial charge >= 0.3 is 0 Å². The van der Waals surface area contributed by atoms with Crippen LogP contribution in [0, 0.1) is 5.92 Å². The Hall–Kier alpha value is -9.83. The molecule has 0 aliphatic heterocycles. The molecule has 0 bridgehead atoms. The van der Waals surface area contributed by atoms with Gasteiger partial charge < -0.3 is 9.13 Å². The van der Waals surface area contributed by atoms with Crippen molar-refractivity contribution in [1.82, 2.24) is 9.13 Å². The van der Waals surface area contributed by atoms with E-state index in [-0.39, 0.29) is 5.78 Å². The Kier molecular flexibility index (Phi) is 8.23. The van der Waals surface area contributed by atoms with E-state index in [9.17, 15) is 0 Å². The molecule has 2 aromatic heterocycles. The summed E-state index contributed by atoms with van der Waals surface area (Å²) in [5, 5.41) is 3.82. The number of carbonyl (C=O) groups is 1. The fourth-order valence-electron chi connectivity index (χ4n) is 16.5. The van der Waals surface area contributed by atoms with Crippen LogP contribution >= 0.6 is 0 Å². The van der Waals surface area contributed by atoms with Gasteiger partial charge in [-0.15, -0.1) is 0 Å². The number of nitrogens with zero attached hydrogens (tertiary/aromatic N) is 2. The number of allylic oxidation sites excluding steroid dienone is 7. The van der Waals surface area contributed by atoms with Crippen LogP contribution in [0.1, 0.15) is 84.9 Å². The minimum Gasteiger partial charge on any atom is -0.310 e. The largest absolute Gasteiger partial charge is 0.310 e. The van der Waals surface area contributed by atoms with Crippen molar-refractivity contribution < 1.29 is 4.79 Å². The molecule has 19 rings (SSSR count). The van der Waals surface area contributed by atoms with Gasteiger partial charge in [0.2, 0.25) is 0 Å². The van der Waals surface area contributed by atoms with E-state index in [4.69, 9.17) is 0 Å². The highest BCUT2D eigenvalue weighted by Gasteiger charge is 2.54. The van der Waals surface area contributed by atoms with Crippen LogP contribution in [0.4, 0.5) is 0 Å². The van der Waals surface area contributed by atoms with E-state index >= 15 is 4.79 Å². The second-order valence-corrected chi connectivity index (χ2v) is 23.2. The predicted molar refractivity (Wildman–Crippen MR) is 325 cm³/mol. The first kappa shape index (κ1) is 43.2.